The summed E-state index contributed by atoms with van der Waals surface area (Å²) in [6, 6.07) is 9.72. The average molecular weight is 338 g/mol. The molecule has 2 amide bonds. The standard InChI is InChI=1S/C21H26N2O2/c24-19-9-17(13-23(19)18-4-2-1-3-5-18)22-20(25)21-10-14-6-15(11-21)8-16(7-14)12-21/h1-5,14-17H,6-13H2,(H,22,25). The van der Waals surface area contributed by atoms with Crippen LogP contribution in [0.3, 0.4) is 0 Å². The van der Waals surface area contributed by atoms with Gasteiger partial charge in [-0.15, -0.1) is 0 Å². The highest BCUT2D eigenvalue weighted by Crippen LogP contribution is 2.60. The van der Waals surface area contributed by atoms with Gasteiger partial charge in [0, 0.05) is 24.1 Å². The van der Waals surface area contributed by atoms with E-state index >= 15 is 0 Å². The maximum absolute atomic E-state index is 13.2. The molecule has 4 nitrogen and oxygen atoms in total. The van der Waals surface area contributed by atoms with E-state index in [1.807, 2.05) is 35.2 Å². The summed E-state index contributed by atoms with van der Waals surface area (Å²) < 4.78 is 0. The Morgan fingerprint density at radius 3 is 2.20 bits per heavy atom. The van der Waals surface area contributed by atoms with E-state index in [1.165, 1.54) is 19.3 Å². The molecule has 1 aromatic rings. The number of carbonyl (C=O) groups is 2. The van der Waals surface area contributed by atoms with Crippen LogP contribution in [0.5, 0.6) is 0 Å². The predicted molar refractivity (Wildman–Crippen MR) is 95.9 cm³/mol. The van der Waals surface area contributed by atoms with Gasteiger partial charge in [0.05, 0.1) is 6.04 Å². The van der Waals surface area contributed by atoms with Crippen molar-refractivity contribution in [3.05, 3.63) is 30.3 Å². The fourth-order valence-corrected chi connectivity index (χ4v) is 6.39. The Labute approximate surface area is 149 Å². The molecule has 25 heavy (non-hydrogen) atoms. The van der Waals surface area contributed by atoms with Gasteiger partial charge in [0.1, 0.15) is 0 Å². The number of benzene rings is 1. The van der Waals surface area contributed by atoms with E-state index in [2.05, 4.69) is 5.32 Å². The van der Waals surface area contributed by atoms with E-state index in [0.717, 1.165) is 42.7 Å². The Balaban J connectivity index is 1.28. The van der Waals surface area contributed by atoms with Gasteiger partial charge < -0.3 is 10.2 Å². The highest BCUT2D eigenvalue weighted by molar-refractivity contribution is 5.97. The minimum absolute atomic E-state index is 0.0480. The van der Waals surface area contributed by atoms with Crippen molar-refractivity contribution in [1.29, 1.82) is 0 Å². The zero-order valence-electron chi connectivity index (χ0n) is 14.6. The van der Waals surface area contributed by atoms with Crippen molar-refractivity contribution in [3.63, 3.8) is 0 Å². The molecule has 5 aliphatic rings. The summed E-state index contributed by atoms with van der Waals surface area (Å²) in [5.74, 6) is 2.65. The first-order valence-electron chi connectivity index (χ1n) is 9.78. The molecule has 0 spiro atoms. The summed E-state index contributed by atoms with van der Waals surface area (Å²) in [7, 11) is 0. The van der Waals surface area contributed by atoms with E-state index in [4.69, 9.17) is 0 Å². The minimum Gasteiger partial charge on any atom is -0.351 e. The van der Waals surface area contributed by atoms with Crippen LogP contribution in [-0.4, -0.2) is 24.4 Å². The Hall–Kier alpha value is -1.84. The second-order valence-corrected chi connectivity index (χ2v) is 8.91. The van der Waals surface area contributed by atoms with Crippen molar-refractivity contribution in [3.8, 4) is 0 Å². The van der Waals surface area contributed by atoms with Crippen molar-refractivity contribution in [2.24, 2.45) is 23.2 Å². The molecule has 1 aliphatic heterocycles. The van der Waals surface area contributed by atoms with E-state index < -0.39 is 0 Å². The fourth-order valence-electron chi connectivity index (χ4n) is 6.39. The summed E-state index contributed by atoms with van der Waals surface area (Å²) in [5, 5.41) is 3.26. The lowest BCUT2D eigenvalue weighted by Crippen LogP contribution is -2.55. The SMILES string of the molecule is O=C1CC(NC(=O)C23CC4CC(CC(C4)C2)C3)CN1c1ccccc1. The number of rotatable bonds is 3. The molecule has 1 heterocycles. The van der Waals surface area contributed by atoms with Crippen LogP contribution in [0.2, 0.25) is 0 Å². The number of anilines is 1. The van der Waals surface area contributed by atoms with Gasteiger partial charge in [0.2, 0.25) is 11.8 Å². The molecular weight excluding hydrogens is 312 g/mol. The largest absolute Gasteiger partial charge is 0.351 e. The molecule has 132 valence electrons. The highest BCUT2D eigenvalue weighted by atomic mass is 16.2. The van der Waals surface area contributed by atoms with Crippen LogP contribution in [0.25, 0.3) is 0 Å². The third-order valence-electron chi connectivity index (χ3n) is 7.05. The molecule has 1 saturated heterocycles. The first kappa shape index (κ1) is 15.4. The van der Waals surface area contributed by atoms with Gasteiger partial charge in [0.25, 0.3) is 0 Å². The normalized spacial score (nSPS) is 39.0. The van der Waals surface area contributed by atoms with Crippen LogP contribution in [0, 0.1) is 23.2 Å². The molecule has 1 aromatic carbocycles. The molecule has 4 heteroatoms. The monoisotopic (exact) mass is 338 g/mol. The zero-order chi connectivity index (χ0) is 17.0. The summed E-state index contributed by atoms with van der Waals surface area (Å²) in [6.07, 6.45) is 7.69. The molecule has 4 saturated carbocycles. The lowest BCUT2D eigenvalue weighted by molar-refractivity contribution is -0.146. The molecule has 6 rings (SSSR count). The van der Waals surface area contributed by atoms with Gasteiger partial charge >= 0.3 is 0 Å². The maximum atomic E-state index is 13.2. The van der Waals surface area contributed by atoms with Gasteiger partial charge in [-0.2, -0.15) is 0 Å². The van der Waals surface area contributed by atoms with Crippen molar-refractivity contribution in [2.45, 2.75) is 51.0 Å². The van der Waals surface area contributed by atoms with Crippen molar-refractivity contribution in [1.82, 2.24) is 5.32 Å². The van der Waals surface area contributed by atoms with Gasteiger partial charge in [-0.1, -0.05) is 18.2 Å². The van der Waals surface area contributed by atoms with Crippen LogP contribution < -0.4 is 10.2 Å². The zero-order valence-corrected chi connectivity index (χ0v) is 14.6. The fraction of sp³-hybridized carbons (Fsp3) is 0.619. The first-order chi connectivity index (χ1) is 12.1. The Kier molecular flexibility index (Phi) is 3.44. The molecule has 1 unspecified atom stereocenters. The number of amides is 2. The Morgan fingerprint density at radius 1 is 1.00 bits per heavy atom. The van der Waals surface area contributed by atoms with E-state index in [1.54, 1.807) is 0 Å². The second kappa shape index (κ2) is 5.58. The smallest absolute Gasteiger partial charge is 0.229 e. The van der Waals surface area contributed by atoms with Gasteiger partial charge in [0.15, 0.2) is 0 Å². The van der Waals surface area contributed by atoms with Crippen molar-refractivity contribution < 1.29 is 9.59 Å². The molecule has 1 N–H and O–H groups in total. The number of nitrogens with one attached hydrogen (secondary N) is 1. The number of hydrogen-bond acceptors (Lipinski definition) is 2. The van der Waals surface area contributed by atoms with Gasteiger partial charge in [-0.3, -0.25) is 9.59 Å². The molecule has 1 atom stereocenters. The topological polar surface area (TPSA) is 49.4 Å². The molecular formula is C21H26N2O2. The molecule has 4 bridgehead atoms. The summed E-state index contributed by atoms with van der Waals surface area (Å²) in [4.78, 5) is 27.4. The highest BCUT2D eigenvalue weighted by Gasteiger charge is 2.55. The lowest BCUT2D eigenvalue weighted by Gasteiger charge is -2.55. The quantitative estimate of drug-likeness (QED) is 0.920. The van der Waals surface area contributed by atoms with Crippen molar-refractivity contribution in [2.75, 3.05) is 11.4 Å². The third-order valence-corrected chi connectivity index (χ3v) is 7.05. The molecule has 4 aliphatic carbocycles. The first-order valence-corrected chi connectivity index (χ1v) is 9.78. The van der Waals surface area contributed by atoms with Crippen LogP contribution >= 0.6 is 0 Å². The number of carbonyl (C=O) groups excluding carboxylic acids is 2. The van der Waals surface area contributed by atoms with Crippen molar-refractivity contribution >= 4 is 17.5 Å². The summed E-state index contributed by atoms with van der Waals surface area (Å²) >= 11 is 0. The van der Waals surface area contributed by atoms with E-state index in [-0.39, 0.29) is 23.3 Å². The van der Waals surface area contributed by atoms with Crippen LogP contribution in [0.4, 0.5) is 5.69 Å². The van der Waals surface area contributed by atoms with Crippen LogP contribution in [0.15, 0.2) is 30.3 Å². The van der Waals surface area contributed by atoms with E-state index in [9.17, 15) is 9.59 Å². The van der Waals surface area contributed by atoms with Crippen LogP contribution in [-0.2, 0) is 9.59 Å². The molecule has 5 fully saturated rings. The van der Waals surface area contributed by atoms with Crippen LogP contribution in [0.1, 0.15) is 44.9 Å². The predicted octanol–water partition coefficient (Wildman–Crippen LogP) is 3.12. The lowest BCUT2D eigenvalue weighted by atomic mass is 9.49. The maximum Gasteiger partial charge on any atom is 0.229 e. The number of para-hydroxylation sites is 1. The molecule has 0 aromatic heterocycles. The third kappa shape index (κ3) is 2.57. The summed E-state index contributed by atoms with van der Waals surface area (Å²) in [5.41, 5.74) is 0.803. The Morgan fingerprint density at radius 2 is 1.60 bits per heavy atom. The average Bonchev–Trinajstić information content (AvgIpc) is 2.95. The Bertz CT molecular complexity index is 664. The number of nitrogens with zero attached hydrogens (tertiary/aromatic N) is 1. The minimum atomic E-state index is -0.127. The van der Waals surface area contributed by atoms with Gasteiger partial charge in [-0.25, -0.2) is 0 Å². The number of hydrogen-bond donors (Lipinski definition) is 1. The molecule has 0 radical (unpaired) electrons. The van der Waals surface area contributed by atoms with E-state index in [0.29, 0.717) is 13.0 Å². The van der Waals surface area contributed by atoms with Gasteiger partial charge in [-0.05, 0) is 68.4 Å². The summed E-state index contributed by atoms with van der Waals surface area (Å²) in [6.45, 7) is 0.598. The second-order valence-electron chi connectivity index (χ2n) is 8.91.